The molecule has 0 bridgehead atoms. The molecule has 0 aromatic heterocycles. The van der Waals surface area contributed by atoms with E-state index in [9.17, 15) is 9.59 Å². The average Bonchev–Trinajstić information content (AvgIpc) is 3.02. The summed E-state index contributed by atoms with van der Waals surface area (Å²) in [6.45, 7) is 9.87. The summed E-state index contributed by atoms with van der Waals surface area (Å²) >= 11 is 0. The molecule has 2 heterocycles. The van der Waals surface area contributed by atoms with Crippen molar-refractivity contribution in [2.75, 3.05) is 51.8 Å². The van der Waals surface area contributed by atoms with Crippen LogP contribution in [0.4, 0.5) is 5.69 Å². The largest absolute Gasteiger partial charge is 0.495 e. The fourth-order valence-electron chi connectivity index (χ4n) is 4.36. The van der Waals surface area contributed by atoms with Crippen molar-refractivity contribution >= 4 is 23.1 Å². The number of nitrogens with zero attached hydrogens (tertiary/aromatic N) is 2. The second-order valence-corrected chi connectivity index (χ2v) is 8.61. The lowest BCUT2D eigenvalue weighted by Crippen LogP contribution is -2.43. The van der Waals surface area contributed by atoms with Gasteiger partial charge in [-0.05, 0) is 49.6 Å². The Morgan fingerprint density at radius 1 is 0.939 bits per heavy atom. The summed E-state index contributed by atoms with van der Waals surface area (Å²) < 4.78 is 10.9. The lowest BCUT2D eigenvalue weighted by molar-refractivity contribution is -0.137. The van der Waals surface area contributed by atoms with E-state index < -0.39 is 0 Å². The minimum Gasteiger partial charge on any atom is -0.495 e. The van der Waals surface area contributed by atoms with Crippen LogP contribution in [0.2, 0.25) is 0 Å². The fourth-order valence-corrected chi connectivity index (χ4v) is 4.36. The highest BCUT2D eigenvalue weighted by Crippen LogP contribution is 2.35. The van der Waals surface area contributed by atoms with Crippen molar-refractivity contribution < 1.29 is 19.1 Å². The van der Waals surface area contributed by atoms with Gasteiger partial charge in [-0.15, -0.1) is 0 Å². The molecule has 1 N–H and O–H groups in total. The smallest absolute Gasteiger partial charge is 0.278 e. The molecule has 7 heteroatoms. The Hall–Kier alpha value is -3.16. The number of ether oxygens (including phenoxy) is 2. The van der Waals surface area contributed by atoms with Crippen LogP contribution in [-0.4, -0.2) is 68.1 Å². The molecular weight excluding hydrogens is 418 g/mol. The zero-order valence-electron chi connectivity index (χ0n) is 19.7. The third-order valence-electron chi connectivity index (χ3n) is 6.18. The van der Waals surface area contributed by atoms with Crippen LogP contribution in [0.1, 0.15) is 22.3 Å². The number of carbonyl (C=O) groups is 2. The molecule has 2 aromatic rings. The molecule has 0 atom stereocenters. The summed E-state index contributed by atoms with van der Waals surface area (Å²) in [4.78, 5) is 30.7. The van der Waals surface area contributed by atoms with Gasteiger partial charge >= 0.3 is 0 Å². The Bertz CT molecular complexity index is 1100. The van der Waals surface area contributed by atoms with E-state index in [1.165, 1.54) is 4.90 Å². The number of imide groups is 1. The van der Waals surface area contributed by atoms with Crippen LogP contribution in [0.25, 0.3) is 5.57 Å². The molecule has 4 rings (SSSR count). The van der Waals surface area contributed by atoms with Crippen LogP contribution in [0.15, 0.2) is 42.1 Å². The van der Waals surface area contributed by atoms with Gasteiger partial charge in [-0.25, -0.2) is 0 Å². The van der Waals surface area contributed by atoms with Crippen molar-refractivity contribution in [3.05, 3.63) is 64.3 Å². The number of hydrogen-bond acceptors (Lipinski definition) is 6. The number of benzene rings is 2. The van der Waals surface area contributed by atoms with E-state index in [-0.39, 0.29) is 17.5 Å². The first kappa shape index (κ1) is 23.0. The van der Waals surface area contributed by atoms with Gasteiger partial charge in [0, 0.05) is 26.2 Å². The topological polar surface area (TPSA) is 71.1 Å². The predicted octanol–water partition coefficient (Wildman–Crippen LogP) is 3.14. The number of rotatable bonds is 7. The van der Waals surface area contributed by atoms with E-state index in [2.05, 4.69) is 10.2 Å². The van der Waals surface area contributed by atoms with Crippen LogP contribution in [0.5, 0.6) is 5.75 Å². The van der Waals surface area contributed by atoms with E-state index >= 15 is 0 Å². The molecular formula is C26H31N3O4. The van der Waals surface area contributed by atoms with Gasteiger partial charge in [-0.2, -0.15) is 0 Å². The molecule has 1 fully saturated rings. The zero-order valence-corrected chi connectivity index (χ0v) is 19.7. The number of morpholine rings is 1. The maximum atomic E-state index is 13.6. The lowest BCUT2D eigenvalue weighted by atomic mass is 9.97. The molecule has 0 unspecified atom stereocenters. The highest BCUT2D eigenvalue weighted by Gasteiger charge is 2.40. The first-order chi connectivity index (χ1) is 15.9. The third kappa shape index (κ3) is 4.79. The molecule has 2 aromatic carbocycles. The normalized spacial score (nSPS) is 17.2. The SMILES string of the molecule is COc1ccc(C)cc1NC1=C(c2ccc(C)cc2C)C(=O)N(CCN2CCOCC2)C1=O. The Morgan fingerprint density at radius 3 is 2.33 bits per heavy atom. The van der Waals surface area contributed by atoms with Crippen molar-refractivity contribution in [3.63, 3.8) is 0 Å². The quantitative estimate of drug-likeness (QED) is 0.655. The van der Waals surface area contributed by atoms with Crippen LogP contribution in [-0.2, 0) is 14.3 Å². The van der Waals surface area contributed by atoms with E-state index in [1.54, 1.807) is 7.11 Å². The standard InChI is InChI=1S/C26H31N3O4/c1-17-5-7-20(19(3)15-17)23-24(27-21-16-18(2)6-8-22(21)32-4)26(31)29(25(23)30)10-9-28-11-13-33-14-12-28/h5-8,15-16,27H,9-14H2,1-4H3. The number of aryl methyl sites for hydroxylation is 3. The highest BCUT2D eigenvalue weighted by molar-refractivity contribution is 6.36. The van der Waals surface area contributed by atoms with E-state index in [4.69, 9.17) is 9.47 Å². The van der Waals surface area contributed by atoms with Crippen molar-refractivity contribution in [2.45, 2.75) is 20.8 Å². The van der Waals surface area contributed by atoms with Crippen molar-refractivity contribution in [3.8, 4) is 5.75 Å². The van der Waals surface area contributed by atoms with Gasteiger partial charge in [-0.1, -0.05) is 29.8 Å². The summed E-state index contributed by atoms with van der Waals surface area (Å²) in [5, 5.41) is 3.25. The fraction of sp³-hybridized carbons (Fsp3) is 0.385. The number of methoxy groups -OCH3 is 1. The lowest BCUT2D eigenvalue weighted by Gasteiger charge is -2.28. The minimum atomic E-state index is -0.313. The average molecular weight is 450 g/mol. The summed E-state index contributed by atoms with van der Waals surface area (Å²) in [6, 6.07) is 11.6. The number of hydrogen-bond donors (Lipinski definition) is 1. The van der Waals surface area contributed by atoms with Gasteiger partial charge in [0.1, 0.15) is 11.4 Å². The molecule has 2 amide bonds. The maximum Gasteiger partial charge on any atom is 0.278 e. The molecule has 0 saturated carbocycles. The van der Waals surface area contributed by atoms with Gasteiger partial charge in [-0.3, -0.25) is 19.4 Å². The minimum absolute atomic E-state index is 0.269. The van der Waals surface area contributed by atoms with Gasteiger partial charge in [0.2, 0.25) is 0 Å². The zero-order chi connectivity index (χ0) is 23.5. The van der Waals surface area contributed by atoms with Crippen LogP contribution in [0, 0.1) is 20.8 Å². The summed E-state index contributed by atoms with van der Waals surface area (Å²) in [7, 11) is 1.59. The summed E-state index contributed by atoms with van der Waals surface area (Å²) in [5.74, 6) is 0.0289. The van der Waals surface area contributed by atoms with Crippen LogP contribution in [0.3, 0.4) is 0 Å². The van der Waals surface area contributed by atoms with Crippen molar-refractivity contribution in [1.82, 2.24) is 9.80 Å². The maximum absolute atomic E-state index is 13.6. The van der Waals surface area contributed by atoms with Gasteiger partial charge in [0.25, 0.3) is 11.8 Å². The third-order valence-corrected chi connectivity index (χ3v) is 6.18. The van der Waals surface area contributed by atoms with Crippen molar-refractivity contribution in [2.24, 2.45) is 0 Å². The first-order valence-electron chi connectivity index (χ1n) is 11.3. The predicted molar refractivity (Wildman–Crippen MR) is 128 cm³/mol. The molecule has 0 radical (unpaired) electrons. The van der Waals surface area contributed by atoms with E-state index in [0.717, 1.165) is 35.3 Å². The monoisotopic (exact) mass is 449 g/mol. The van der Waals surface area contributed by atoms with E-state index in [1.807, 2.05) is 57.2 Å². The Kier molecular flexibility index (Phi) is 6.81. The Balaban J connectivity index is 1.70. The molecule has 174 valence electrons. The highest BCUT2D eigenvalue weighted by atomic mass is 16.5. The van der Waals surface area contributed by atoms with Gasteiger partial charge in [0.05, 0.1) is 31.6 Å². The summed E-state index contributed by atoms with van der Waals surface area (Å²) in [5.41, 5.74) is 5.20. The number of carbonyl (C=O) groups excluding carboxylic acids is 2. The Labute approximate surface area is 195 Å². The molecule has 0 aliphatic carbocycles. The molecule has 2 aliphatic heterocycles. The number of nitrogens with one attached hydrogen (secondary N) is 1. The van der Waals surface area contributed by atoms with Gasteiger partial charge in [0.15, 0.2) is 0 Å². The molecule has 33 heavy (non-hydrogen) atoms. The molecule has 2 aliphatic rings. The number of amides is 2. The Morgan fingerprint density at radius 2 is 1.64 bits per heavy atom. The molecule has 0 spiro atoms. The van der Waals surface area contributed by atoms with Crippen LogP contribution < -0.4 is 10.1 Å². The van der Waals surface area contributed by atoms with Crippen LogP contribution >= 0.6 is 0 Å². The molecule has 1 saturated heterocycles. The second-order valence-electron chi connectivity index (χ2n) is 8.61. The second kappa shape index (κ2) is 9.77. The van der Waals surface area contributed by atoms with Gasteiger partial charge < -0.3 is 14.8 Å². The number of anilines is 1. The van der Waals surface area contributed by atoms with Crippen molar-refractivity contribution in [1.29, 1.82) is 0 Å². The van der Waals surface area contributed by atoms with E-state index in [0.29, 0.717) is 43.3 Å². The molecule has 7 nitrogen and oxygen atoms in total. The summed E-state index contributed by atoms with van der Waals surface area (Å²) in [6.07, 6.45) is 0. The first-order valence-corrected chi connectivity index (χ1v) is 11.3.